The summed E-state index contributed by atoms with van der Waals surface area (Å²) in [7, 11) is -3.00. The van der Waals surface area contributed by atoms with Gasteiger partial charge >= 0.3 is 27.3 Å². The number of aromatic nitrogens is 1. The van der Waals surface area contributed by atoms with Gasteiger partial charge in [0.25, 0.3) is 0 Å². The molecule has 0 atom stereocenters. The minimum absolute atomic E-state index is 0.0918. The van der Waals surface area contributed by atoms with Gasteiger partial charge in [-0.1, -0.05) is 18.2 Å². The highest BCUT2D eigenvalue weighted by Gasteiger charge is 2.22. The highest BCUT2D eigenvalue weighted by molar-refractivity contribution is 7.87. The second-order valence-corrected chi connectivity index (χ2v) is 6.71. The molecule has 0 radical (unpaired) electrons. The van der Waals surface area contributed by atoms with Crippen molar-refractivity contribution in [2.45, 2.75) is 6.54 Å². The van der Waals surface area contributed by atoms with E-state index in [1.54, 1.807) is 18.2 Å². The van der Waals surface area contributed by atoms with Crippen LogP contribution in [0, 0.1) is 10.1 Å². The van der Waals surface area contributed by atoms with Crippen LogP contribution in [0.3, 0.4) is 0 Å². The third-order valence-electron chi connectivity index (χ3n) is 3.23. The van der Waals surface area contributed by atoms with Crippen LogP contribution in [0.4, 0.5) is 5.69 Å². The number of methoxy groups -OCH3 is 1. The highest BCUT2D eigenvalue weighted by atomic mass is 32.2. The first kappa shape index (κ1) is 19.1. The van der Waals surface area contributed by atoms with Crippen LogP contribution in [0.1, 0.15) is 10.4 Å². The van der Waals surface area contributed by atoms with E-state index in [4.69, 9.17) is 4.18 Å². The van der Waals surface area contributed by atoms with Gasteiger partial charge < -0.3 is 13.5 Å². The van der Waals surface area contributed by atoms with Gasteiger partial charge in [0, 0.05) is 18.8 Å². The molecule has 0 N–H and O–H groups in total. The van der Waals surface area contributed by atoms with Crippen molar-refractivity contribution in [1.82, 2.24) is 4.57 Å². The van der Waals surface area contributed by atoms with E-state index >= 15 is 0 Å². The van der Waals surface area contributed by atoms with Crippen molar-refractivity contribution < 1.29 is 27.1 Å². The van der Waals surface area contributed by atoms with Crippen LogP contribution >= 0.6 is 0 Å². The maximum absolute atomic E-state index is 12.1. The van der Waals surface area contributed by atoms with Crippen LogP contribution in [0.5, 0.6) is 5.75 Å². The van der Waals surface area contributed by atoms with E-state index in [0.717, 1.165) is 23.9 Å². The number of carbonyl (C=O) groups is 1. The van der Waals surface area contributed by atoms with Crippen molar-refractivity contribution in [3.8, 4) is 5.75 Å². The van der Waals surface area contributed by atoms with Crippen LogP contribution in [-0.4, -0.2) is 36.7 Å². The lowest BCUT2D eigenvalue weighted by atomic mass is 10.2. The van der Waals surface area contributed by atoms with Crippen LogP contribution in [0.15, 0.2) is 47.4 Å². The number of ether oxygens (including phenoxy) is 1. The molecule has 0 saturated heterocycles. The molecule has 1 aromatic heterocycles. The highest BCUT2D eigenvalue weighted by Crippen LogP contribution is 2.13. The summed E-state index contributed by atoms with van der Waals surface area (Å²) in [4.78, 5) is 33.7. The van der Waals surface area contributed by atoms with Gasteiger partial charge in [-0.05, 0) is 12.1 Å². The number of hydrogen-bond acceptors (Lipinski definition) is 8. The third kappa shape index (κ3) is 4.66. The van der Waals surface area contributed by atoms with Crippen molar-refractivity contribution >= 4 is 21.8 Å². The molecule has 0 aliphatic rings. The number of esters is 1. The maximum Gasteiger partial charge on any atom is 0.339 e. The summed E-state index contributed by atoms with van der Waals surface area (Å²) in [6.07, 6.45) is 0.999. The lowest BCUT2D eigenvalue weighted by Gasteiger charge is -2.09. The summed E-state index contributed by atoms with van der Waals surface area (Å²) in [5.74, 6) is -1.44. The molecule has 0 aliphatic heterocycles. The van der Waals surface area contributed by atoms with Crippen LogP contribution in [0.2, 0.25) is 0 Å². The van der Waals surface area contributed by atoms with Gasteiger partial charge in [0.15, 0.2) is 0 Å². The maximum atomic E-state index is 12.1. The van der Waals surface area contributed by atoms with Crippen molar-refractivity contribution in [2.75, 3.05) is 12.9 Å². The Bertz CT molecular complexity index is 982. The van der Waals surface area contributed by atoms with Gasteiger partial charge in [0.05, 0.1) is 17.6 Å². The molecule has 1 heterocycles. The molecular weight excluding hydrogens is 368 g/mol. The molecule has 0 spiro atoms. The molecule has 0 amide bonds. The lowest BCUT2D eigenvalue weighted by Crippen LogP contribution is -2.28. The van der Waals surface area contributed by atoms with E-state index in [0.29, 0.717) is 0 Å². The molecule has 26 heavy (non-hydrogen) atoms. The van der Waals surface area contributed by atoms with Crippen molar-refractivity contribution in [2.24, 2.45) is 0 Å². The zero-order valence-electron chi connectivity index (χ0n) is 13.5. The van der Waals surface area contributed by atoms with E-state index in [1.165, 1.54) is 12.1 Å². The molecular formula is C15H14N2O8S. The molecule has 0 bridgehead atoms. The van der Waals surface area contributed by atoms with Gasteiger partial charge in [-0.15, -0.1) is 0 Å². The Balaban J connectivity index is 2.28. The molecule has 0 fully saturated rings. The van der Waals surface area contributed by atoms with E-state index in [1.807, 2.05) is 0 Å². The minimum atomic E-state index is -4.07. The minimum Gasteiger partial charge on any atom is -0.465 e. The lowest BCUT2D eigenvalue weighted by molar-refractivity contribution is -0.386. The molecule has 11 heteroatoms. The van der Waals surface area contributed by atoms with Crippen molar-refractivity contribution in [3.63, 3.8) is 0 Å². The van der Waals surface area contributed by atoms with Crippen molar-refractivity contribution in [1.29, 1.82) is 0 Å². The third-order valence-corrected chi connectivity index (χ3v) is 4.36. The first-order chi connectivity index (χ1) is 12.2. The number of nitrogens with zero attached hydrogens (tertiary/aromatic N) is 2. The first-order valence-electron chi connectivity index (χ1n) is 7.18. The number of hydrogen-bond donors (Lipinski definition) is 0. The summed E-state index contributed by atoms with van der Waals surface area (Å²) < 4.78 is 34.1. The number of aryl methyl sites for hydroxylation is 1. The summed E-state index contributed by atoms with van der Waals surface area (Å²) in [6.45, 7) is -0.445. The predicted octanol–water partition coefficient (Wildman–Crippen LogP) is 0.952. The molecule has 0 aliphatic carbocycles. The molecule has 2 rings (SSSR count). The Labute approximate surface area is 147 Å². The summed E-state index contributed by atoms with van der Waals surface area (Å²) >= 11 is 0. The van der Waals surface area contributed by atoms with Crippen molar-refractivity contribution in [3.05, 3.63) is 68.6 Å². The second-order valence-electron chi connectivity index (χ2n) is 5.02. The predicted molar refractivity (Wildman–Crippen MR) is 89.6 cm³/mol. The standard InChI is InChI=1S/C15H14N2O8S/c1-24-15(19)11-9-13(17(20)21)14(18)16(10-11)7-8-26(22,23)25-12-5-3-2-4-6-12/h2-6,9-10H,7-8H2,1H3. The second kappa shape index (κ2) is 7.78. The summed E-state index contributed by atoms with van der Waals surface area (Å²) in [5.41, 5.74) is -2.16. The van der Waals surface area contributed by atoms with Crippen LogP contribution in [0.25, 0.3) is 0 Å². The largest absolute Gasteiger partial charge is 0.465 e. The van der Waals surface area contributed by atoms with E-state index in [2.05, 4.69) is 4.74 Å². The van der Waals surface area contributed by atoms with Gasteiger partial charge in [0.2, 0.25) is 0 Å². The molecule has 0 unspecified atom stereocenters. The van der Waals surface area contributed by atoms with Crippen LogP contribution < -0.4 is 9.74 Å². The Hall–Kier alpha value is -3.21. The number of carbonyl (C=O) groups excluding carboxylic acids is 1. The number of benzene rings is 1. The molecule has 10 nitrogen and oxygen atoms in total. The smallest absolute Gasteiger partial charge is 0.339 e. The zero-order chi connectivity index (χ0) is 19.3. The average Bonchev–Trinajstić information content (AvgIpc) is 2.60. The van der Waals surface area contributed by atoms with Crippen LogP contribution in [-0.2, 0) is 21.4 Å². The summed E-state index contributed by atoms with van der Waals surface area (Å²) in [5, 5.41) is 11.0. The number of pyridine rings is 1. The molecule has 1 aromatic carbocycles. The number of para-hydroxylation sites is 1. The molecule has 138 valence electrons. The Morgan fingerprint density at radius 2 is 1.92 bits per heavy atom. The number of rotatable bonds is 7. The fourth-order valence-corrected chi connectivity index (χ4v) is 2.93. The Morgan fingerprint density at radius 3 is 2.50 bits per heavy atom. The fraction of sp³-hybridized carbons (Fsp3) is 0.200. The SMILES string of the molecule is COC(=O)c1cc([N+](=O)[O-])c(=O)n(CCS(=O)(=O)Oc2ccccc2)c1. The van der Waals surface area contributed by atoms with E-state index in [-0.39, 0.29) is 11.3 Å². The summed E-state index contributed by atoms with van der Waals surface area (Å²) in [6, 6.07) is 8.49. The molecule has 2 aromatic rings. The van der Waals surface area contributed by atoms with Gasteiger partial charge in [-0.3, -0.25) is 14.9 Å². The normalized spacial score (nSPS) is 11.0. The fourth-order valence-electron chi connectivity index (χ4n) is 2.02. The quantitative estimate of drug-likeness (QED) is 0.299. The Kier molecular flexibility index (Phi) is 5.72. The first-order valence-corrected chi connectivity index (χ1v) is 8.75. The monoisotopic (exact) mass is 382 g/mol. The topological polar surface area (TPSA) is 135 Å². The number of nitro groups is 1. The van der Waals surface area contributed by atoms with Gasteiger partial charge in [0.1, 0.15) is 11.5 Å². The average molecular weight is 382 g/mol. The van der Waals surface area contributed by atoms with E-state index < -0.39 is 44.6 Å². The van der Waals surface area contributed by atoms with Gasteiger partial charge in [-0.2, -0.15) is 8.42 Å². The Morgan fingerprint density at radius 1 is 1.27 bits per heavy atom. The van der Waals surface area contributed by atoms with Gasteiger partial charge in [-0.25, -0.2) is 4.79 Å². The van der Waals surface area contributed by atoms with E-state index in [9.17, 15) is 28.1 Å². The molecule has 0 saturated carbocycles. The zero-order valence-corrected chi connectivity index (χ0v) is 14.3.